The van der Waals surface area contributed by atoms with Crippen LogP contribution >= 0.6 is 11.3 Å². The van der Waals surface area contributed by atoms with Crippen molar-refractivity contribution in [1.82, 2.24) is 9.55 Å². The summed E-state index contributed by atoms with van der Waals surface area (Å²) in [5.41, 5.74) is 8.31. The molecule has 4 rings (SSSR count). The van der Waals surface area contributed by atoms with Crippen molar-refractivity contribution >= 4 is 27.5 Å². The molecule has 0 bridgehead atoms. The number of hydrogen-bond donors (Lipinski definition) is 1. The van der Waals surface area contributed by atoms with Crippen LogP contribution in [0.4, 0.5) is 0 Å². The van der Waals surface area contributed by atoms with Crippen LogP contribution in [0.2, 0.25) is 0 Å². The molecule has 0 saturated carbocycles. The van der Waals surface area contributed by atoms with Crippen molar-refractivity contribution in [2.75, 3.05) is 0 Å². The van der Waals surface area contributed by atoms with Gasteiger partial charge in [-0.25, -0.2) is 4.98 Å². The van der Waals surface area contributed by atoms with Crippen molar-refractivity contribution in [3.63, 3.8) is 0 Å². The number of fused-ring (bicyclic) bond motifs is 1. The number of primary amides is 1. The molecule has 1 atom stereocenters. The maximum Gasteiger partial charge on any atom is 0.263 e. The van der Waals surface area contributed by atoms with E-state index in [1.165, 1.54) is 15.9 Å². The molecule has 1 amide bonds. The van der Waals surface area contributed by atoms with Gasteiger partial charge in [0, 0.05) is 4.88 Å². The Balaban J connectivity index is 2.12. The van der Waals surface area contributed by atoms with Gasteiger partial charge in [-0.3, -0.25) is 14.2 Å². The molecule has 152 valence electrons. The molecule has 5 nitrogen and oxygen atoms in total. The molecule has 0 aliphatic carbocycles. The second-order valence-electron chi connectivity index (χ2n) is 7.44. The van der Waals surface area contributed by atoms with Crippen LogP contribution in [-0.2, 0) is 4.79 Å². The summed E-state index contributed by atoms with van der Waals surface area (Å²) < 4.78 is 1.48. The first-order chi connectivity index (χ1) is 14.4. The van der Waals surface area contributed by atoms with Gasteiger partial charge in [0.05, 0.1) is 11.3 Å². The standard InChI is InChI=1S/C24H23N3O2S/c1-14-16(3)30-23-19(14)24(29)27(15(2)21(25)28)22(26-23)20(17-10-6-4-7-11-17)18-12-8-5-9-13-18/h4-13,15,20H,1-3H3,(H2,25,28). The van der Waals surface area contributed by atoms with E-state index in [-0.39, 0.29) is 11.5 Å². The minimum absolute atomic E-state index is 0.222. The lowest BCUT2D eigenvalue weighted by Crippen LogP contribution is -2.36. The third-order valence-electron chi connectivity index (χ3n) is 5.59. The van der Waals surface area contributed by atoms with E-state index in [0.29, 0.717) is 16.0 Å². The van der Waals surface area contributed by atoms with Crippen molar-refractivity contribution in [3.05, 3.63) is 98.4 Å². The number of aromatic nitrogens is 2. The molecule has 0 radical (unpaired) electrons. The van der Waals surface area contributed by atoms with Crippen molar-refractivity contribution in [2.24, 2.45) is 5.73 Å². The Morgan fingerprint density at radius 2 is 1.53 bits per heavy atom. The van der Waals surface area contributed by atoms with Gasteiger partial charge in [0.15, 0.2) is 0 Å². The summed E-state index contributed by atoms with van der Waals surface area (Å²) in [6, 6.07) is 19.0. The van der Waals surface area contributed by atoms with E-state index in [1.807, 2.05) is 74.5 Å². The molecule has 0 spiro atoms. The number of carbonyl (C=O) groups is 1. The highest BCUT2D eigenvalue weighted by molar-refractivity contribution is 7.18. The van der Waals surface area contributed by atoms with Crippen LogP contribution in [-0.4, -0.2) is 15.5 Å². The predicted octanol–water partition coefficient (Wildman–Crippen LogP) is 4.30. The van der Waals surface area contributed by atoms with Crippen LogP contribution in [0.25, 0.3) is 10.2 Å². The maximum atomic E-state index is 13.6. The number of thiophene rings is 1. The van der Waals surface area contributed by atoms with Crippen molar-refractivity contribution in [2.45, 2.75) is 32.7 Å². The second kappa shape index (κ2) is 7.88. The number of rotatable bonds is 5. The average molecular weight is 418 g/mol. The maximum absolute atomic E-state index is 13.6. The van der Waals surface area contributed by atoms with E-state index < -0.39 is 11.9 Å². The third-order valence-corrected chi connectivity index (χ3v) is 6.69. The van der Waals surface area contributed by atoms with Gasteiger partial charge in [-0.05, 0) is 37.5 Å². The fourth-order valence-electron chi connectivity index (χ4n) is 3.81. The Morgan fingerprint density at radius 3 is 2.03 bits per heavy atom. The van der Waals surface area contributed by atoms with Crippen LogP contribution in [0.3, 0.4) is 0 Å². The minimum Gasteiger partial charge on any atom is -0.368 e. The zero-order chi connectivity index (χ0) is 21.4. The molecule has 0 saturated heterocycles. The molecule has 0 aliphatic heterocycles. The molecule has 2 aromatic heterocycles. The fourth-order valence-corrected chi connectivity index (χ4v) is 4.84. The SMILES string of the molecule is Cc1sc2nc(C(c3ccccc3)c3ccccc3)n(C(C)C(N)=O)c(=O)c2c1C. The van der Waals surface area contributed by atoms with Gasteiger partial charge in [-0.1, -0.05) is 60.7 Å². The first-order valence-electron chi connectivity index (χ1n) is 9.81. The molecule has 30 heavy (non-hydrogen) atoms. The summed E-state index contributed by atoms with van der Waals surface area (Å²) in [7, 11) is 0. The topological polar surface area (TPSA) is 78.0 Å². The highest BCUT2D eigenvalue weighted by Gasteiger charge is 2.28. The Morgan fingerprint density at radius 1 is 1.00 bits per heavy atom. The summed E-state index contributed by atoms with van der Waals surface area (Å²) in [5.74, 6) is -0.351. The van der Waals surface area contributed by atoms with Gasteiger partial charge in [0.1, 0.15) is 16.7 Å². The summed E-state index contributed by atoms with van der Waals surface area (Å²) in [5, 5.41) is 0.564. The quantitative estimate of drug-likeness (QED) is 0.526. The first-order valence-corrected chi connectivity index (χ1v) is 10.6. The average Bonchev–Trinajstić information content (AvgIpc) is 3.03. The Kier molecular flexibility index (Phi) is 5.26. The van der Waals surface area contributed by atoms with E-state index >= 15 is 0 Å². The van der Waals surface area contributed by atoms with Gasteiger partial charge in [0.25, 0.3) is 5.56 Å². The molecular weight excluding hydrogens is 394 g/mol. The molecule has 1 unspecified atom stereocenters. The van der Waals surface area contributed by atoms with Crippen LogP contribution < -0.4 is 11.3 Å². The molecule has 0 aliphatic rings. The summed E-state index contributed by atoms with van der Waals surface area (Å²) in [4.78, 5) is 32.5. The monoisotopic (exact) mass is 417 g/mol. The number of carbonyl (C=O) groups excluding carboxylic acids is 1. The molecule has 6 heteroatoms. The highest BCUT2D eigenvalue weighted by atomic mass is 32.1. The Labute approximate surface area is 178 Å². The third kappa shape index (κ3) is 3.33. The van der Waals surface area contributed by atoms with Crippen LogP contribution in [0.5, 0.6) is 0 Å². The number of nitrogens with zero attached hydrogens (tertiary/aromatic N) is 2. The Bertz CT molecular complexity index is 1240. The summed E-state index contributed by atoms with van der Waals surface area (Å²) in [6.45, 7) is 5.55. The zero-order valence-corrected chi connectivity index (χ0v) is 17.9. The van der Waals surface area contributed by atoms with Crippen LogP contribution in [0, 0.1) is 13.8 Å². The lowest BCUT2D eigenvalue weighted by molar-refractivity contribution is -0.120. The smallest absolute Gasteiger partial charge is 0.263 e. The number of amides is 1. The van der Waals surface area contributed by atoms with E-state index in [4.69, 9.17) is 10.7 Å². The Hall–Kier alpha value is -3.25. The van der Waals surface area contributed by atoms with Crippen molar-refractivity contribution in [1.29, 1.82) is 0 Å². The van der Waals surface area contributed by atoms with Gasteiger partial charge in [-0.2, -0.15) is 0 Å². The number of benzene rings is 2. The second-order valence-corrected chi connectivity index (χ2v) is 8.64. The first kappa shape index (κ1) is 20.0. The molecule has 2 aromatic carbocycles. The van der Waals surface area contributed by atoms with Crippen molar-refractivity contribution < 1.29 is 4.79 Å². The number of nitrogens with two attached hydrogens (primary N) is 1. The predicted molar refractivity (Wildman–Crippen MR) is 121 cm³/mol. The van der Waals surface area contributed by atoms with Gasteiger partial charge in [-0.15, -0.1) is 11.3 Å². The van der Waals surface area contributed by atoms with E-state index in [0.717, 1.165) is 21.6 Å². The number of aryl methyl sites for hydroxylation is 2. The molecule has 4 aromatic rings. The van der Waals surface area contributed by atoms with Crippen LogP contribution in [0.15, 0.2) is 65.5 Å². The largest absolute Gasteiger partial charge is 0.368 e. The van der Waals surface area contributed by atoms with Gasteiger partial charge >= 0.3 is 0 Å². The number of hydrogen-bond acceptors (Lipinski definition) is 4. The summed E-state index contributed by atoms with van der Waals surface area (Å²) in [6.07, 6.45) is 0. The minimum atomic E-state index is -0.820. The lowest BCUT2D eigenvalue weighted by atomic mass is 9.90. The fraction of sp³-hybridized carbons (Fsp3) is 0.208. The lowest BCUT2D eigenvalue weighted by Gasteiger charge is -2.24. The van der Waals surface area contributed by atoms with E-state index in [9.17, 15) is 9.59 Å². The summed E-state index contributed by atoms with van der Waals surface area (Å²) >= 11 is 1.50. The molecule has 0 fully saturated rings. The van der Waals surface area contributed by atoms with E-state index in [1.54, 1.807) is 6.92 Å². The van der Waals surface area contributed by atoms with Crippen molar-refractivity contribution in [3.8, 4) is 0 Å². The van der Waals surface area contributed by atoms with E-state index in [2.05, 4.69) is 0 Å². The molecule has 2 N–H and O–H groups in total. The van der Waals surface area contributed by atoms with Gasteiger partial charge < -0.3 is 5.73 Å². The molecular formula is C24H23N3O2S. The normalized spacial score (nSPS) is 12.4. The zero-order valence-electron chi connectivity index (χ0n) is 17.1. The highest BCUT2D eigenvalue weighted by Crippen LogP contribution is 2.34. The molecule has 2 heterocycles. The van der Waals surface area contributed by atoms with Crippen LogP contribution in [0.1, 0.15) is 46.3 Å². The van der Waals surface area contributed by atoms with Gasteiger partial charge in [0.2, 0.25) is 5.91 Å².